The maximum absolute atomic E-state index is 12.7. The quantitative estimate of drug-likeness (QED) is 0.221. The first-order valence-electron chi connectivity index (χ1n) is 10.7. The van der Waals surface area contributed by atoms with Crippen LogP contribution in [0, 0.1) is 0 Å². The number of thioether (sulfide) groups is 1. The molecule has 0 atom stereocenters. The van der Waals surface area contributed by atoms with Crippen LogP contribution >= 0.6 is 24.0 Å². The van der Waals surface area contributed by atoms with Crippen LogP contribution in [0.5, 0.6) is 11.5 Å². The molecular weight excluding hydrogens is 434 g/mol. The summed E-state index contributed by atoms with van der Waals surface area (Å²) in [5.74, 6) is 0.434. The summed E-state index contributed by atoms with van der Waals surface area (Å²) in [5.41, 5.74) is 0.845. The van der Waals surface area contributed by atoms with Crippen LogP contribution in [0.4, 0.5) is 0 Å². The van der Waals surface area contributed by atoms with E-state index in [0.717, 1.165) is 31.2 Å². The van der Waals surface area contributed by atoms with Gasteiger partial charge in [-0.3, -0.25) is 14.5 Å². The minimum Gasteiger partial charge on any atom is -0.493 e. The second-order valence-electron chi connectivity index (χ2n) is 7.36. The highest BCUT2D eigenvalue weighted by Gasteiger charge is 2.31. The first-order chi connectivity index (χ1) is 15.0. The lowest BCUT2D eigenvalue weighted by Gasteiger charge is -2.14. The minimum atomic E-state index is -0.795. The number of amides is 1. The summed E-state index contributed by atoms with van der Waals surface area (Å²) in [6, 6.07) is 5.63. The van der Waals surface area contributed by atoms with Crippen LogP contribution in [0.15, 0.2) is 23.1 Å². The monoisotopic (exact) mass is 465 g/mol. The molecule has 1 aromatic rings. The number of nitrogens with zero attached hydrogens (tertiary/aromatic N) is 1. The summed E-state index contributed by atoms with van der Waals surface area (Å²) in [5, 5.41) is 8.70. The Balaban J connectivity index is 1.95. The van der Waals surface area contributed by atoms with Crippen LogP contribution in [-0.2, 0) is 9.59 Å². The number of unbranched alkanes of at least 4 members (excludes halogenated alkanes) is 5. The van der Waals surface area contributed by atoms with Crippen molar-refractivity contribution < 1.29 is 24.2 Å². The third-order valence-corrected chi connectivity index (χ3v) is 6.26. The molecule has 0 aromatic heterocycles. The SMILES string of the molecule is CCCCCCOc1ccc(/C=C2/SC(=S)N(CCCCCC(=O)O)C2=O)cc1OC. The van der Waals surface area contributed by atoms with E-state index < -0.39 is 5.97 Å². The van der Waals surface area contributed by atoms with Crippen molar-refractivity contribution in [2.24, 2.45) is 0 Å². The molecule has 2 rings (SSSR count). The third kappa shape index (κ3) is 8.18. The number of carbonyl (C=O) groups is 2. The lowest BCUT2D eigenvalue weighted by atomic mass is 10.1. The molecule has 1 aliphatic rings. The second kappa shape index (κ2) is 13.4. The van der Waals surface area contributed by atoms with Gasteiger partial charge in [0.05, 0.1) is 18.6 Å². The Kier molecular flexibility index (Phi) is 10.9. The van der Waals surface area contributed by atoms with Crippen molar-refractivity contribution in [3.05, 3.63) is 28.7 Å². The minimum absolute atomic E-state index is 0.108. The summed E-state index contributed by atoms with van der Waals surface area (Å²) in [7, 11) is 1.60. The highest BCUT2D eigenvalue weighted by molar-refractivity contribution is 8.26. The molecule has 1 aliphatic heterocycles. The van der Waals surface area contributed by atoms with Gasteiger partial charge >= 0.3 is 5.97 Å². The molecule has 0 unspecified atom stereocenters. The predicted molar refractivity (Wildman–Crippen MR) is 129 cm³/mol. The number of rotatable bonds is 14. The molecule has 31 heavy (non-hydrogen) atoms. The zero-order valence-corrected chi connectivity index (χ0v) is 19.9. The topological polar surface area (TPSA) is 76.1 Å². The Labute approximate surface area is 194 Å². The van der Waals surface area contributed by atoms with E-state index in [1.54, 1.807) is 12.0 Å². The largest absolute Gasteiger partial charge is 0.493 e. The van der Waals surface area contributed by atoms with Crippen LogP contribution in [0.3, 0.4) is 0 Å². The Morgan fingerprint density at radius 3 is 2.65 bits per heavy atom. The van der Waals surface area contributed by atoms with Crippen LogP contribution in [0.25, 0.3) is 6.08 Å². The van der Waals surface area contributed by atoms with Gasteiger partial charge in [0.2, 0.25) is 0 Å². The second-order valence-corrected chi connectivity index (χ2v) is 9.03. The van der Waals surface area contributed by atoms with Crippen LogP contribution in [0.1, 0.15) is 63.9 Å². The molecule has 0 spiro atoms. The van der Waals surface area contributed by atoms with Gasteiger partial charge in [-0.15, -0.1) is 0 Å². The van der Waals surface area contributed by atoms with Crippen molar-refractivity contribution in [2.45, 2.75) is 58.3 Å². The van der Waals surface area contributed by atoms with Gasteiger partial charge in [-0.2, -0.15) is 0 Å². The molecule has 1 aromatic carbocycles. The van der Waals surface area contributed by atoms with Gasteiger partial charge in [-0.05, 0) is 43.0 Å². The van der Waals surface area contributed by atoms with Gasteiger partial charge in [0.1, 0.15) is 4.32 Å². The summed E-state index contributed by atoms with van der Waals surface area (Å²) in [6.45, 7) is 3.34. The Bertz CT molecular complexity index is 809. The molecule has 1 saturated heterocycles. The Morgan fingerprint density at radius 2 is 1.94 bits per heavy atom. The standard InChI is InChI=1S/C23H31NO5S2/c1-3-4-5-9-14-29-18-12-11-17(15-19(18)28-2)16-20-22(27)24(23(30)31-20)13-8-6-7-10-21(25)26/h11-12,15-16H,3-10,13-14H2,1-2H3,(H,25,26)/b20-16+. The van der Waals surface area contributed by atoms with E-state index in [4.69, 9.17) is 26.8 Å². The van der Waals surface area contributed by atoms with E-state index >= 15 is 0 Å². The van der Waals surface area contributed by atoms with Crippen LogP contribution < -0.4 is 9.47 Å². The number of hydrogen-bond donors (Lipinski definition) is 1. The third-order valence-electron chi connectivity index (χ3n) is 4.89. The van der Waals surface area contributed by atoms with Crippen molar-refractivity contribution in [2.75, 3.05) is 20.3 Å². The van der Waals surface area contributed by atoms with Crippen molar-refractivity contribution in [3.8, 4) is 11.5 Å². The molecule has 1 fully saturated rings. The number of methoxy groups -OCH3 is 1. The average Bonchev–Trinajstić information content (AvgIpc) is 3.01. The number of carboxylic acids is 1. The number of carbonyl (C=O) groups excluding carboxylic acids is 1. The molecule has 6 nitrogen and oxygen atoms in total. The molecule has 0 saturated carbocycles. The maximum Gasteiger partial charge on any atom is 0.303 e. The molecule has 1 N–H and O–H groups in total. The van der Waals surface area contributed by atoms with Gasteiger partial charge in [0.25, 0.3) is 5.91 Å². The number of thiocarbonyl (C=S) groups is 1. The summed E-state index contributed by atoms with van der Waals surface area (Å²) >= 11 is 6.65. The summed E-state index contributed by atoms with van der Waals surface area (Å²) in [4.78, 5) is 25.5. The zero-order chi connectivity index (χ0) is 22.6. The van der Waals surface area contributed by atoms with Crippen LogP contribution in [-0.4, -0.2) is 46.5 Å². The van der Waals surface area contributed by atoms with E-state index in [9.17, 15) is 9.59 Å². The number of benzene rings is 1. The maximum atomic E-state index is 12.7. The fourth-order valence-electron chi connectivity index (χ4n) is 3.17. The van der Waals surface area contributed by atoms with E-state index in [1.165, 1.54) is 24.6 Å². The first-order valence-corrected chi connectivity index (χ1v) is 12.0. The number of ether oxygens (including phenoxy) is 2. The number of hydrogen-bond acceptors (Lipinski definition) is 6. The molecule has 1 amide bonds. The number of aliphatic carboxylic acids is 1. The van der Waals surface area contributed by atoms with E-state index in [-0.39, 0.29) is 12.3 Å². The molecule has 170 valence electrons. The van der Waals surface area contributed by atoms with Crippen LogP contribution in [0.2, 0.25) is 0 Å². The molecule has 8 heteroatoms. The molecule has 0 radical (unpaired) electrons. The van der Waals surface area contributed by atoms with Gasteiger partial charge < -0.3 is 14.6 Å². The average molecular weight is 466 g/mol. The Morgan fingerprint density at radius 1 is 1.16 bits per heavy atom. The van der Waals surface area contributed by atoms with E-state index in [2.05, 4.69) is 6.92 Å². The van der Waals surface area contributed by atoms with Crippen molar-refractivity contribution >= 4 is 46.3 Å². The predicted octanol–water partition coefficient (Wildman–Crippen LogP) is 5.50. The number of carboxylic acid groups (broad SMARTS) is 1. The van der Waals surface area contributed by atoms with Gasteiger partial charge in [0, 0.05) is 13.0 Å². The van der Waals surface area contributed by atoms with Crippen molar-refractivity contribution in [3.63, 3.8) is 0 Å². The first kappa shape index (κ1) is 25.2. The Hall–Kier alpha value is -2.06. The van der Waals surface area contributed by atoms with E-state index in [1.807, 2.05) is 24.3 Å². The fourth-order valence-corrected chi connectivity index (χ4v) is 4.48. The van der Waals surface area contributed by atoms with Gasteiger partial charge in [-0.1, -0.05) is 62.7 Å². The molecular formula is C23H31NO5S2. The lowest BCUT2D eigenvalue weighted by molar-refractivity contribution is -0.137. The zero-order valence-electron chi connectivity index (χ0n) is 18.2. The highest BCUT2D eigenvalue weighted by Crippen LogP contribution is 2.35. The summed E-state index contributed by atoms with van der Waals surface area (Å²) in [6.07, 6.45) is 8.61. The summed E-state index contributed by atoms with van der Waals surface area (Å²) < 4.78 is 11.9. The molecule has 0 aliphatic carbocycles. The smallest absolute Gasteiger partial charge is 0.303 e. The molecule has 1 heterocycles. The lowest BCUT2D eigenvalue weighted by Crippen LogP contribution is -2.29. The fraction of sp³-hybridized carbons (Fsp3) is 0.522. The molecule has 0 bridgehead atoms. The normalized spacial score (nSPS) is 15.0. The van der Waals surface area contributed by atoms with Crippen molar-refractivity contribution in [1.29, 1.82) is 0 Å². The van der Waals surface area contributed by atoms with Crippen molar-refractivity contribution in [1.82, 2.24) is 4.90 Å². The van der Waals surface area contributed by atoms with Gasteiger partial charge in [0.15, 0.2) is 11.5 Å². The van der Waals surface area contributed by atoms with Gasteiger partial charge in [-0.25, -0.2) is 0 Å². The van der Waals surface area contributed by atoms with E-state index in [0.29, 0.717) is 40.3 Å². The highest BCUT2D eigenvalue weighted by atomic mass is 32.2.